The maximum absolute atomic E-state index is 9.29. The van der Waals surface area contributed by atoms with Gasteiger partial charge in [0.2, 0.25) is 0 Å². The van der Waals surface area contributed by atoms with Crippen molar-refractivity contribution in [1.29, 1.82) is 0 Å². The summed E-state index contributed by atoms with van der Waals surface area (Å²) in [5, 5.41) is 0. The van der Waals surface area contributed by atoms with E-state index in [-0.39, 0.29) is 0 Å². The number of unbranched alkanes of at least 4 members (excludes halogenated alkanes) is 2. The Bertz CT molecular complexity index is 368. The molecule has 0 saturated heterocycles. The molecule has 114 valence electrons. The van der Waals surface area contributed by atoms with Crippen molar-refractivity contribution in [1.82, 2.24) is 0 Å². The molecule has 0 aliphatic rings. The van der Waals surface area contributed by atoms with Crippen molar-refractivity contribution in [3.05, 3.63) is 30.3 Å². The molecule has 0 aliphatic carbocycles. The molecule has 1 aromatic rings. The van der Waals surface area contributed by atoms with E-state index in [4.69, 9.17) is 0 Å². The number of hydrogen-bond donors (Lipinski definition) is 0. The molecule has 0 amide bonds. The van der Waals surface area contributed by atoms with E-state index >= 15 is 0 Å². The molecule has 1 rings (SSSR count). The minimum absolute atomic E-state index is 0.947. The van der Waals surface area contributed by atoms with Crippen LogP contribution in [0.2, 0.25) is 9.62 Å². The van der Waals surface area contributed by atoms with Crippen LogP contribution in [0.4, 0.5) is 0 Å². The average Bonchev–Trinajstić information content (AvgIpc) is 2.38. The predicted octanol–water partition coefficient (Wildman–Crippen LogP) is 2.85. The number of rotatable bonds is 7. The van der Waals surface area contributed by atoms with Crippen LogP contribution in [0.1, 0.15) is 39.5 Å². The summed E-state index contributed by atoms with van der Waals surface area (Å²) in [5.41, 5.74) is -3.72. The smallest absolute Gasteiger partial charge is 0.160 e. The van der Waals surface area contributed by atoms with Gasteiger partial charge >= 0.3 is 101 Å². The van der Waals surface area contributed by atoms with E-state index in [0.29, 0.717) is 0 Å². The van der Waals surface area contributed by atoms with Gasteiger partial charge in [-0.1, -0.05) is 0 Å². The standard InChI is InChI=1S/C6H5.2C4H9.Mo.H3O2PS2/c1-2-4-6-5-3-1;2*1-3-4-2;;1-3(2,4)5/h1-5H;2*1,3-4H2,2H3;;(H3,1,2,4,5)/q;;;+3;/p-3. The fourth-order valence-corrected chi connectivity index (χ4v) is 7.71. The molecule has 1 aromatic carbocycles. The summed E-state index contributed by atoms with van der Waals surface area (Å²) in [4.78, 5) is 21.6. The Morgan fingerprint density at radius 1 is 1.05 bits per heavy atom. The van der Waals surface area contributed by atoms with E-state index in [9.17, 15) is 9.79 Å². The van der Waals surface area contributed by atoms with Crippen molar-refractivity contribution >= 4 is 33.7 Å². The van der Waals surface area contributed by atoms with Crippen molar-refractivity contribution < 1.29 is 27.1 Å². The van der Waals surface area contributed by atoms with Crippen molar-refractivity contribution in [3.63, 3.8) is 0 Å². The predicted molar refractivity (Wildman–Crippen MR) is 87.2 cm³/mol. The average molecular weight is 414 g/mol. The molecule has 0 fully saturated rings. The molecule has 0 N–H and O–H groups in total. The van der Waals surface area contributed by atoms with Gasteiger partial charge in [-0.3, -0.25) is 0 Å². The van der Waals surface area contributed by atoms with Crippen molar-refractivity contribution in [3.8, 4) is 0 Å². The van der Waals surface area contributed by atoms with Crippen molar-refractivity contribution in [2.24, 2.45) is 0 Å². The van der Waals surface area contributed by atoms with Crippen LogP contribution in [0.5, 0.6) is 0 Å². The van der Waals surface area contributed by atoms with Crippen molar-refractivity contribution in [2.45, 2.75) is 49.2 Å². The van der Waals surface area contributed by atoms with Gasteiger partial charge in [-0.05, 0) is 0 Å². The summed E-state index contributed by atoms with van der Waals surface area (Å²) < 4.78 is 1.71. The van der Waals surface area contributed by atoms with Crippen LogP contribution in [0.15, 0.2) is 30.3 Å². The summed E-state index contributed by atoms with van der Waals surface area (Å²) >= 11 is 6.34. The zero-order valence-electron chi connectivity index (χ0n) is 12.1. The monoisotopic (exact) mass is 416 g/mol. The van der Waals surface area contributed by atoms with E-state index in [1.807, 2.05) is 0 Å². The van der Waals surface area contributed by atoms with Crippen LogP contribution in [0, 0.1) is 0 Å². The van der Waals surface area contributed by atoms with Crippen LogP contribution >= 0.6 is 5.69 Å². The molecule has 0 bridgehead atoms. The molecule has 0 heterocycles. The molecule has 0 aromatic heterocycles. The van der Waals surface area contributed by atoms with E-state index < -0.39 is 23.0 Å². The van der Waals surface area contributed by atoms with Gasteiger partial charge in [0, 0.05) is 0 Å². The maximum atomic E-state index is 9.29. The summed E-state index contributed by atoms with van der Waals surface area (Å²) in [6.07, 6.45) is 5.59. The van der Waals surface area contributed by atoms with Gasteiger partial charge < -0.3 is 27.7 Å². The van der Waals surface area contributed by atoms with Crippen molar-refractivity contribution in [2.75, 3.05) is 0 Å². The minimum Gasteiger partial charge on any atom is -0.850 e. The van der Waals surface area contributed by atoms with Gasteiger partial charge in [0.05, 0.1) is 0 Å². The van der Waals surface area contributed by atoms with E-state index in [0.717, 1.165) is 0 Å². The van der Waals surface area contributed by atoms with E-state index in [2.05, 4.69) is 68.2 Å². The second-order valence-electron chi connectivity index (χ2n) is 4.37. The quantitative estimate of drug-likeness (QED) is 0.391. The van der Waals surface area contributed by atoms with Gasteiger partial charge in [-0.25, -0.2) is 0 Å². The van der Waals surface area contributed by atoms with Gasteiger partial charge in [-0.15, -0.1) is 0 Å². The first kappa shape index (κ1) is 20.8. The zero-order valence-corrected chi connectivity index (χ0v) is 16.7. The van der Waals surface area contributed by atoms with Crippen LogP contribution in [0.3, 0.4) is 0 Å². The molecule has 0 saturated carbocycles. The molecule has 0 spiro atoms. The Hall–Kier alpha value is 0.828. The third kappa shape index (κ3) is 13.8. The van der Waals surface area contributed by atoms with Gasteiger partial charge in [-0.2, -0.15) is 11.8 Å². The normalized spacial score (nSPS) is 10.7. The molecule has 2 nitrogen and oxygen atoms in total. The molecule has 0 radical (unpaired) electrons. The minimum atomic E-state index is -3.72. The first-order valence-corrected chi connectivity index (χ1v) is 14.3. The molecule has 6 heteroatoms. The van der Waals surface area contributed by atoms with E-state index in [1.165, 1.54) is 35.3 Å². The topological polar surface area (TPSA) is 46.1 Å². The van der Waals surface area contributed by atoms with Crippen LogP contribution in [-0.4, -0.2) is 0 Å². The summed E-state index contributed by atoms with van der Waals surface area (Å²) in [7, 11) is 0. The Morgan fingerprint density at radius 2 is 1.45 bits per heavy atom. The van der Waals surface area contributed by atoms with Crippen LogP contribution in [0.25, 0.3) is 0 Å². The Labute approximate surface area is 139 Å². The SMILES string of the molecule is CCC[CH2][Mo+3]([CH2]CCC)[c]1ccccc1.[O-]P([O-])(=S)[S-]. The fraction of sp³-hybridized carbons (Fsp3) is 0.571. The first-order chi connectivity index (χ1) is 9.38. The first-order valence-electron chi connectivity index (χ1n) is 6.84. The molecule has 0 unspecified atom stereocenters. The molecule has 0 aliphatic heterocycles. The molecule has 0 atom stereocenters. The van der Waals surface area contributed by atoms with Crippen LogP contribution in [-0.2, 0) is 41.4 Å². The third-order valence-electron chi connectivity index (χ3n) is 2.57. The summed E-state index contributed by atoms with van der Waals surface area (Å²) in [6, 6.07) is 11.3. The molecular formula is C14H23MoO2PS2. The second-order valence-corrected chi connectivity index (χ2v) is 14.4. The molecule has 20 heavy (non-hydrogen) atoms. The van der Waals surface area contributed by atoms with Gasteiger partial charge in [0.25, 0.3) is 0 Å². The zero-order chi connectivity index (χ0) is 15.4. The maximum Gasteiger partial charge on any atom is -0.160 e. The number of benzene rings is 1. The largest absolute Gasteiger partial charge is 0.850 e. The van der Waals surface area contributed by atoms with Crippen LogP contribution < -0.4 is 13.7 Å². The van der Waals surface area contributed by atoms with E-state index in [1.54, 1.807) is 3.95 Å². The Kier molecular flexibility index (Phi) is 12.9. The van der Waals surface area contributed by atoms with Gasteiger partial charge in [0.15, 0.2) is 0 Å². The Balaban J connectivity index is 0.000000621. The summed E-state index contributed by atoms with van der Waals surface area (Å²) in [5.74, 6) is 0. The fourth-order valence-electron chi connectivity index (χ4n) is 1.59. The third-order valence-corrected chi connectivity index (χ3v) is 8.71. The van der Waals surface area contributed by atoms with Gasteiger partial charge in [0.1, 0.15) is 0 Å². The second kappa shape index (κ2) is 12.4. The summed E-state index contributed by atoms with van der Waals surface area (Å²) in [6.45, 7) is 4.61. The number of hydrogen-bond acceptors (Lipinski definition) is 4. The molecular weight excluding hydrogens is 391 g/mol. The Morgan fingerprint density at radius 3 is 1.80 bits per heavy atom.